The molecule has 2 aromatic carbocycles. The van der Waals surface area contributed by atoms with Gasteiger partial charge in [0, 0.05) is 22.0 Å². The van der Waals surface area contributed by atoms with Gasteiger partial charge >= 0.3 is 0 Å². The van der Waals surface area contributed by atoms with Crippen molar-refractivity contribution in [1.29, 1.82) is 0 Å². The first kappa shape index (κ1) is 17.2. The summed E-state index contributed by atoms with van der Waals surface area (Å²) in [6, 6.07) is 14.9. The van der Waals surface area contributed by atoms with Crippen molar-refractivity contribution in [3.63, 3.8) is 0 Å². The van der Waals surface area contributed by atoms with Crippen LogP contribution in [0.3, 0.4) is 0 Å². The lowest BCUT2D eigenvalue weighted by Crippen LogP contribution is -2.07. The van der Waals surface area contributed by atoms with Crippen LogP contribution in [0.15, 0.2) is 60.0 Å². The molecule has 0 aliphatic carbocycles. The van der Waals surface area contributed by atoms with Crippen LogP contribution >= 0.6 is 22.9 Å². The molecule has 0 bridgehead atoms. The predicted molar refractivity (Wildman–Crippen MR) is 103 cm³/mol. The molecule has 1 amide bonds. The number of benzene rings is 2. The van der Waals surface area contributed by atoms with Gasteiger partial charge < -0.3 is 4.74 Å². The molecule has 0 atom stereocenters. The van der Waals surface area contributed by atoms with E-state index in [1.54, 1.807) is 25.3 Å². The molecule has 25 heavy (non-hydrogen) atoms. The van der Waals surface area contributed by atoms with Crippen molar-refractivity contribution in [1.82, 2.24) is 4.98 Å². The molecule has 0 saturated carbocycles. The highest BCUT2D eigenvalue weighted by Crippen LogP contribution is 2.31. The second-order valence-corrected chi connectivity index (χ2v) is 6.41. The van der Waals surface area contributed by atoms with Gasteiger partial charge in [-0.3, -0.25) is 10.1 Å². The van der Waals surface area contributed by atoms with Gasteiger partial charge in [0.25, 0.3) is 0 Å². The standard InChI is InChI=1S/C19H15ClN2O2S/c1-24-17-8-3-2-7-15(17)16-12-25-19(21-16)22-18(23)10-9-13-5-4-6-14(20)11-13/h2-12H,1H3,(H,21,22,23)/b10-9+. The predicted octanol–water partition coefficient (Wildman–Crippen LogP) is 5.12. The fourth-order valence-corrected chi connectivity index (χ4v) is 3.15. The van der Waals surface area contributed by atoms with Crippen LogP contribution in [0.25, 0.3) is 17.3 Å². The average molecular weight is 371 g/mol. The Labute approximate surface area is 154 Å². The first-order valence-electron chi connectivity index (χ1n) is 7.49. The monoisotopic (exact) mass is 370 g/mol. The molecule has 1 N–H and O–H groups in total. The third kappa shape index (κ3) is 4.47. The van der Waals surface area contributed by atoms with Crippen LogP contribution < -0.4 is 10.1 Å². The minimum absolute atomic E-state index is 0.249. The molecule has 0 saturated heterocycles. The highest BCUT2D eigenvalue weighted by Gasteiger charge is 2.10. The van der Waals surface area contributed by atoms with E-state index < -0.39 is 0 Å². The molecule has 126 valence electrons. The highest BCUT2D eigenvalue weighted by molar-refractivity contribution is 7.14. The Morgan fingerprint density at radius 3 is 2.88 bits per heavy atom. The molecule has 4 nitrogen and oxygen atoms in total. The topological polar surface area (TPSA) is 51.2 Å². The number of rotatable bonds is 5. The number of para-hydroxylation sites is 1. The van der Waals surface area contributed by atoms with E-state index in [0.29, 0.717) is 10.2 Å². The summed E-state index contributed by atoms with van der Waals surface area (Å²) in [4.78, 5) is 16.5. The van der Waals surface area contributed by atoms with Gasteiger partial charge in [-0.1, -0.05) is 35.9 Å². The molecule has 3 aromatic rings. The summed E-state index contributed by atoms with van der Waals surface area (Å²) in [6.07, 6.45) is 3.16. The van der Waals surface area contributed by atoms with Crippen molar-refractivity contribution < 1.29 is 9.53 Å². The number of thiazole rings is 1. The number of hydrogen-bond donors (Lipinski definition) is 1. The third-order valence-corrected chi connectivity index (χ3v) is 4.39. The van der Waals surface area contributed by atoms with E-state index in [1.165, 1.54) is 17.4 Å². The Kier molecular flexibility index (Phi) is 5.48. The lowest BCUT2D eigenvalue weighted by molar-refractivity contribution is -0.111. The Morgan fingerprint density at radius 2 is 2.08 bits per heavy atom. The molecule has 0 aliphatic rings. The van der Waals surface area contributed by atoms with Gasteiger partial charge in [-0.25, -0.2) is 4.98 Å². The second-order valence-electron chi connectivity index (χ2n) is 5.12. The lowest BCUT2D eigenvalue weighted by Gasteiger charge is -2.04. The third-order valence-electron chi connectivity index (χ3n) is 3.39. The van der Waals surface area contributed by atoms with Gasteiger partial charge in [-0.15, -0.1) is 11.3 Å². The van der Waals surface area contributed by atoms with Gasteiger partial charge in [0.15, 0.2) is 5.13 Å². The van der Waals surface area contributed by atoms with Gasteiger partial charge in [0.05, 0.1) is 12.8 Å². The lowest BCUT2D eigenvalue weighted by atomic mass is 10.1. The number of nitrogens with one attached hydrogen (secondary N) is 1. The zero-order valence-electron chi connectivity index (χ0n) is 13.4. The molecule has 1 heterocycles. The van der Waals surface area contributed by atoms with Gasteiger partial charge in [0.1, 0.15) is 5.75 Å². The van der Waals surface area contributed by atoms with Crippen molar-refractivity contribution in [3.8, 4) is 17.0 Å². The number of amides is 1. The smallest absolute Gasteiger partial charge is 0.250 e. The van der Waals surface area contributed by atoms with E-state index in [2.05, 4.69) is 10.3 Å². The Bertz CT molecular complexity index is 921. The molecular formula is C19H15ClN2O2S. The number of methoxy groups -OCH3 is 1. The van der Waals surface area contributed by atoms with E-state index in [1.807, 2.05) is 41.8 Å². The van der Waals surface area contributed by atoms with Crippen molar-refractivity contribution >= 4 is 40.1 Å². The van der Waals surface area contributed by atoms with Crippen LogP contribution in [0.2, 0.25) is 5.02 Å². The van der Waals surface area contributed by atoms with Gasteiger partial charge in [0.2, 0.25) is 5.91 Å². The van der Waals surface area contributed by atoms with E-state index in [0.717, 1.165) is 22.6 Å². The number of ether oxygens (including phenoxy) is 1. The largest absolute Gasteiger partial charge is 0.496 e. The van der Waals surface area contributed by atoms with Gasteiger partial charge in [-0.05, 0) is 35.9 Å². The summed E-state index contributed by atoms with van der Waals surface area (Å²) in [5.74, 6) is 0.493. The summed E-state index contributed by atoms with van der Waals surface area (Å²) < 4.78 is 5.34. The number of carbonyl (C=O) groups excluding carboxylic acids is 1. The van der Waals surface area contributed by atoms with E-state index in [9.17, 15) is 4.79 Å². The maximum atomic E-state index is 12.1. The molecule has 0 aliphatic heterocycles. The number of anilines is 1. The number of carbonyl (C=O) groups is 1. The number of nitrogens with zero attached hydrogens (tertiary/aromatic N) is 1. The van der Waals surface area contributed by atoms with E-state index >= 15 is 0 Å². The quantitative estimate of drug-likeness (QED) is 0.634. The number of hydrogen-bond acceptors (Lipinski definition) is 4. The second kappa shape index (κ2) is 7.96. The molecule has 0 fully saturated rings. The average Bonchev–Trinajstić information content (AvgIpc) is 3.08. The summed E-state index contributed by atoms with van der Waals surface area (Å²) in [5, 5.41) is 5.80. The van der Waals surface area contributed by atoms with Crippen LogP contribution in [0.5, 0.6) is 5.75 Å². The van der Waals surface area contributed by atoms with Crippen LogP contribution in [-0.2, 0) is 4.79 Å². The van der Waals surface area contributed by atoms with Crippen LogP contribution in [-0.4, -0.2) is 18.0 Å². The number of aromatic nitrogens is 1. The van der Waals surface area contributed by atoms with Crippen LogP contribution in [0.1, 0.15) is 5.56 Å². The first-order chi connectivity index (χ1) is 12.2. The van der Waals surface area contributed by atoms with Crippen LogP contribution in [0.4, 0.5) is 5.13 Å². The van der Waals surface area contributed by atoms with E-state index in [-0.39, 0.29) is 5.91 Å². The van der Waals surface area contributed by atoms with Crippen LogP contribution in [0, 0.1) is 0 Å². The Balaban J connectivity index is 1.70. The van der Waals surface area contributed by atoms with E-state index in [4.69, 9.17) is 16.3 Å². The molecule has 0 unspecified atom stereocenters. The fraction of sp³-hybridized carbons (Fsp3) is 0.0526. The Hall–Kier alpha value is -2.63. The van der Waals surface area contributed by atoms with Crippen molar-refractivity contribution in [2.45, 2.75) is 0 Å². The SMILES string of the molecule is COc1ccccc1-c1csc(NC(=O)/C=C/c2cccc(Cl)c2)n1. The molecule has 6 heteroatoms. The minimum atomic E-state index is -0.249. The number of halogens is 1. The minimum Gasteiger partial charge on any atom is -0.496 e. The van der Waals surface area contributed by atoms with Crippen molar-refractivity contribution in [3.05, 3.63) is 70.6 Å². The highest BCUT2D eigenvalue weighted by atomic mass is 35.5. The summed E-state index contributed by atoms with van der Waals surface area (Å²) in [7, 11) is 1.62. The van der Waals surface area contributed by atoms with Gasteiger partial charge in [-0.2, -0.15) is 0 Å². The summed E-state index contributed by atoms with van der Waals surface area (Å²) in [5.41, 5.74) is 2.50. The van der Waals surface area contributed by atoms with Crippen molar-refractivity contribution in [2.75, 3.05) is 12.4 Å². The summed E-state index contributed by atoms with van der Waals surface area (Å²) in [6.45, 7) is 0. The fourth-order valence-electron chi connectivity index (χ4n) is 2.24. The maximum Gasteiger partial charge on any atom is 0.250 e. The maximum absolute atomic E-state index is 12.1. The zero-order chi connectivity index (χ0) is 17.6. The molecule has 1 aromatic heterocycles. The first-order valence-corrected chi connectivity index (χ1v) is 8.75. The molecule has 0 spiro atoms. The molecular weight excluding hydrogens is 356 g/mol. The molecule has 0 radical (unpaired) electrons. The summed E-state index contributed by atoms with van der Waals surface area (Å²) >= 11 is 7.29. The Morgan fingerprint density at radius 1 is 1.24 bits per heavy atom. The molecule has 3 rings (SSSR count). The normalized spacial score (nSPS) is 10.8. The zero-order valence-corrected chi connectivity index (χ0v) is 15.0. The van der Waals surface area contributed by atoms with Crippen molar-refractivity contribution in [2.24, 2.45) is 0 Å².